The summed E-state index contributed by atoms with van der Waals surface area (Å²) in [5, 5.41) is 2.78. The molecule has 1 saturated carbocycles. The number of hydrogen-bond donors (Lipinski definition) is 0. The van der Waals surface area contributed by atoms with Crippen LogP contribution in [-0.2, 0) is 0 Å². The van der Waals surface area contributed by atoms with Crippen molar-refractivity contribution >= 4 is 33.9 Å². The Hall–Kier alpha value is -0.610. The molecule has 0 bridgehead atoms. The van der Waals surface area contributed by atoms with Gasteiger partial charge in [-0.2, -0.15) is 0 Å². The van der Waals surface area contributed by atoms with Crippen LogP contribution in [0.5, 0.6) is 0 Å². The Balaban J connectivity index is 2.12. The van der Waals surface area contributed by atoms with Gasteiger partial charge in [-0.3, -0.25) is 4.79 Å². The van der Waals surface area contributed by atoms with Crippen LogP contribution >= 0.6 is 22.9 Å². The van der Waals surface area contributed by atoms with Crippen LogP contribution in [0.2, 0.25) is 0 Å². The molecule has 3 nitrogen and oxygen atoms in total. The van der Waals surface area contributed by atoms with Crippen molar-refractivity contribution in [1.29, 1.82) is 0 Å². The SMILES string of the molecule is CC(C)CN(c1nc(C(=O)CCl)cs1)C1CC1. The average Bonchev–Trinajstić information content (AvgIpc) is 3.02. The highest BCUT2D eigenvalue weighted by atomic mass is 35.5. The van der Waals surface area contributed by atoms with E-state index in [9.17, 15) is 4.79 Å². The molecule has 0 aliphatic heterocycles. The standard InChI is InChI=1S/C12H17ClN2OS/c1-8(2)6-15(9-3-4-9)12-14-10(7-17-12)11(16)5-13/h7-9H,3-6H2,1-2H3. The predicted molar refractivity (Wildman–Crippen MR) is 72.4 cm³/mol. The van der Waals surface area contributed by atoms with Gasteiger partial charge < -0.3 is 4.90 Å². The molecular formula is C12H17ClN2OS. The number of alkyl halides is 1. The maximum absolute atomic E-state index is 11.5. The molecule has 5 heteroatoms. The first-order chi connectivity index (χ1) is 8.11. The Morgan fingerprint density at radius 2 is 2.35 bits per heavy atom. The highest BCUT2D eigenvalue weighted by Crippen LogP contribution is 2.34. The van der Waals surface area contributed by atoms with Crippen molar-refractivity contribution in [2.24, 2.45) is 5.92 Å². The first kappa shape index (κ1) is 12.8. The van der Waals surface area contributed by atoms with Crippen LogP contribution in [0.3, 0.4) is 0 Å². The lowest BCUT2D eigenvalue weighted by atomic mass is 10.2. The number of carbonyl (C=O) groups is 1. The maximum Gasteiger partial charge on any atom is 0.196 e. The van der Waals surface area contributed by atoms with Crippen molar-refractivity contribution in [3.8, 4) is 0 Å². The van der Waals surface area contributed by atoms with Gasteiger partial charge in [0.2, 0.25) is 0 Å². The molecule has 0 aromatic carbocycles. The van der Waals surface area contributed by atoms with E-state index in [-0.39, 0.29) is 11.7 Å². The predicted octanol–water partition coefficient (Wildman–Crippen LogP) is 3.19. The van der Waals surface area contributed by atoms with Gasteiger partial charge in [-0.1, -0.05) is 13.8 Å². The summed E-state index contributed by atoms with van der Waals surface area (Å²) in [6.07, 6.45) is 2.48. The number of ketones is 1. The summed E-state index contributed by atoms with van der Waals surface area (Å²) < 4.78 is 0. The molecule has 1 aromatic rings. The fraction of sp³-hybridized carbons (Fsp3) is 0.667. The third kappa shape index (κ3) is 3.19. The third-order valence-corrected chi connectivity index (χ3v) is 3.81. The summed E-state index contributed by atoms with van der Waals surface area (Å²) in [5.74, 6) is 0.526. The van der Waals surface area contributed by atoms with E-state index in [1.54, 1.807) is 11.3 Å². The van der Waals surface area contributed by atoms with Crippen LogP contribution in [0.15, 0.2) is 5.38 Å². The molecule has 17 heavy (non-hydrogen) atoms. The molecule has 0 unspecified atom stereocenters. The monoisotopic (exact) mass is 272 g/mol. The Morgan fingerprint density at radius 1 is 1.65 bits per heavy atom. The molecule has 1 fully saturated rings. The van der Waals surface area contributed by atoms with Crippen molar-refractivity contribution in [2.75, 3.05) is 17.3 Å². The second kappa shape index (κ2) is 5.36. The van der Waals surface area contributed by atoms with Gasteiger partial charge in [-0.05, 0) is 18.8 Å². The summed E-state index contributed by atoms with van der Waals surface area (Å²) in [6.45, 7) is 5.41. The summed E-state index contributed by atoms with van der Waals surface area (Å²) in [6, 6.07) is 0.627. The van der Waals surface area contributed by atoms with Gasteiger partial charge in [0.15, 0.2) is 10.9 Å². The molecule has 1 aromatic heterocycles. The lowest BCUT2D eigenvalue weighted by Gasteiger charge is -2.23. The number of Topliss-reactive ketones (excluding diaryl/α,β-unsaturated/α-hetero) is 1. The highest BCUT2D eigenvalue weighted by molar-refractivity contribution is 7.14. The zero-order chi connectivity index (χ0) is 12.4. The number of hydrogen-bond acceptors (Lipinski definition) is 4. The smallest absolute Gasteiger partial charge is 0.196 e. The molecule has 1 aliphatic rings. The number of anilines is 1. The van der Waals surface area contributed by atoms with Crippen LogP contribution in [0.4, 0.5) is 5.13 Å². The third-order valence-electron chi connectivity index (χ3n) is 2.69. The molecule has 0 atom stereocenters. The first-order valence-corrected chi connectivity index (χ1v) is 7.34. The van der Waals surface area contributed by atoms with E-state index in [4.69, 9.17) is 11.6 Å². The molecule has 2 rings (SSSR count). The Bertz CT molecular complexity index is 401. The molecule has 0 amide bonds. The second-order valence-electron chi connectivity index (χ2n) is 4.85. The van der Waals surface area contributed by atoms with Gasteiger partial charge in [-0.25, -0.2) is 4.98 Å². The quantitative estimate of drug-likeness (QED) is 0.589. The molecule has 1 aliphatic carbocycles. The minimum atomic E-state index is -0.0885. The molecule has 1 heterocycles. The molecule has 0 spiro atoms. The van der Waals surface area contributed by atoms with Crippen LogP contribution in [0, 0.1) is 5.92 Å². The second-order valence-corrected chi connectivity index (χ2v) is 5.95. The fourth-order valence-electron chi connectivity index (χ4n) is 1.76. The van der Waals surface area contributed by atoms with Crippen molar-refractivity contribution in [1.82, 2.24) is 4.98 Å². The van der Waals surface area contributed by atoms with E-state index in [2.05, 4.69) is 23.7 Å². The number of aromatic nitrogens is 1. The van der Waals surface area contributed by atoms with Crippen LogP contribution in [-0.4, -0.2) is 29.2 Å². The first-order valence-electron chi connectivity index (χ1n) is 5.93. The van der Waals surface area contributed by atoms with Crippen LogP contribution in [0.25, 0.3) is 0 Å². The summed E-state index contributed by atoms with van der Waals surface area (Å²) >= 11 is 7.08. The molecule has 0 saturated heterocycles. The largest absolute Gasteiger partial charge is 0.345 e. The van der Waals surface area contributed by atoms with Gasteiger partial charge in [0, 0.05) is 18.0 Å². The number of thiazole rings is 1. The van der Waals surface area contributed by atoms with Gasteiger partial charge in [0.25, 0.3) is 0 Å². The number of halogens is 1. The molecule has 0 N–H and O–H groups in total. The summed E-state index contributed by atoms with van der Waals surface area (Å²) in [4.78, 5) is 18.2. The Morgan fingerprint density at radius 3 is 2.88 bits per heavy atom. The fourth-order valence-corrected chi connectivity index (χ4v) is 2.80. The van der Waals surface area contributed by atoms with Crippen molar-refractivity contribution in [2.45, 2.75) is 32.7 Å². The van der Waals surface area contributed by atoms with E-state index in [1.165, 1.54) is 12.8 Å². The average molecular weight is 273 g/mol. The van der Waals surface area contributed by atoms with E-state index in [1.807, 2.05) is 5.38 Å². The summed E-state index contributed by atoms with van der Waals surface area (Å²) in [7, 11) is 0. The van der Waals surface area contributed by atoms with Crippen LogP contribution < -0.4 is 4.90 Å². The van der Waals surface area contributed by atoms with E-state index >= 15 is 0 Å². The zero-order valence-electron chi connectivity index (χ0n) is 10.1. The van der Waals surface area contributed by atoms with Gasteiger partial charge >= 0.3 is 0 Å². The number of rotatable bonds is 6. The van der Waals surface area contributed by atoms with Crippen LogP contribution in [0.1, 0.15) is 37.2 Å². The highest BCUT2D eigenvalue weighted by Gasteiger charge is 2.31. The van der Waals surface area contributed by atoms with Crippen molar-refractivity contribution in [3.63, 3.8) is 0 Å². The van der Waals surface area contributed by atoms with E-state index in [0.29, 0.717) is 17.7 Å². The van der Waals surface area contributed by atoms with Gasteiger partial charge in [-0.15, -0.1) is 22.9 Å². The summed E-state index contributed by atoms with van der Waals surface area (Å²) in [5.41, 5.74) is 0.509. The lowest BCUT2D eigenvalue weighted by Crippen LogP contribution is -2.29. The van der Waals surface area contributed by atoms with Crippen molar-refractivity contribution in [3.05, 3.63) is 11.1 Å². The maximum atomic E-state index is 11.5. The minimum Gasteiger partial charge on any atom is -0.345 e. The van der Waals surface area contributed by atoms with Crippen molar-refractivity contribution < 1.29 is 4.79 Å². The molecule has 0 radical (unpaired) electrons. The Labute approximate surface area is 111 Å². The van der Waals surface area contributed by atoms with E-state index < -0.39 is 0 Å². The van der Waals surface area contributed by atoms with E-state index in [0.717, 1.165) is 11.7 Å². The number of carbonyl (C=O) groups excluding carboxylic acids is 1. The minimum absolute atomic E-state index is 0.0107. The molecule has 94 valence electrons. The zero-order valence-corrected chi connectivity index (χ0v) is 11.7. The molecular weight excluding hydrogens is 256 g/mol. The number of nitrogens with zero attached hydrogens (tertiary/aromatic N) is 2. The van der Waals surface area contributed by atoms with Gasteiger partial charge in [0.05, 0.1) is 5.88 Å². The Kier molecular flexibility index (Phi) is 4.05. The lowest BCUT2D eigenvalue weighted by molar-refractivity contribution is 0.101. The normalized spacial score (nSPS) is 15.3. The van der Waals surface area contributed by atoms with Gasteiger partial charge in [0.1, 0.15) is 5.69 Å². The topological polar surface area (TPSA) is 33.2 Å².